The summed E-state index contributed by atoms with van der Waals surface area (Å²) in [6.07, 6.45) is 0. The third-order valence-electron chi connectivity index (χ3n) is 3.43. The van der Waals surface area contributed by atoms with Crippen molar-refractivity contribution < 1.29 is 14.6 Å². The third-order valence-corrected chi connectivity index (χ3v) is 3.43. The van der Waals surface area contributed by atoms with Crippen LogP contribution in [-0.4, -0.2) is 42.1 Å². The highest BCUT2D eigenvalue weighted by molar-refractivity contribution is 6.00. The number of aliphatic hydroxyl groups excluding tert-OH is 1. The highest BCUT2D eigenvalue weighted by Gasteiger charge is 2.11. The molecular weight excluding hydrogens is 334 g/mol. The van der Waals surface area contributed by atoms with Crippen molar-refractivity contribution in [3.05, 3.63) is 58.9 Å². The number of aromatic nitrogens is 1. The van der Waals surface area contributed by atoms with Gasteiger partial charge in [-0.05, 0) is 36.8 Å². The molecule has 2 rings (SSSR count). The smallest absolute Gasteiger partial charge is 0.270 e. The topological polar surface area (TPSA) is 122 Å². The van der Waals surface area contributed by atoms with E-state index in [0.717, 1.165) is 5.56 Å². The van der Waals surface area contributed by atoms with Crippen molar-refractivity contribution in [2.75, 3.05) is 20.3 Å². The molecule has 2 aromatic rings. The summed E-state index contributed by atoms with van der Waals surface area (Å²) >= 11 is 0. The fraction of sp³-hybridized carbons (Fsp3) is 0.278. The van der Waals surface area contributed by atoms with Crippen LogP contribution in [0.5, 0.6) is 5.75 Å². The van der Waals surface area contributed by atoms with Crippen LogP contribution in [0, 0.1) is 6.92 Å². The van der Waals surface area contributed by atoms with Crippen molar-refractivity contribution in [2.24, 2.45) is 10.8 Å². The minimum absolute atomic E-state index is 0.0533. The van der Waals surface area contributed by atoms with Gasteiger partial charge in [-0.25, -0.2) is 4.98 Å². The molecule has 0 atom stereocenters. The highest BCUT2D eigenvalue weighted by Crippen LogP contribution is 2.13. The lowest BCUT2D eigenvalue weighted by Crippen LogP contribution is -2.25. The van der Waals surface area contributed by atoms with Crippen LogP contribution in [0.15, 0.2) is 41.5 Å². The maximum Gasteiger partial charge on any atom is 0.270 e. The Morgan fingerprint density at radius 2 is 2.15 bits per heavy atom. The maximum absolute atomic E-state index is 12.4. The van der Waals surface area contributed by atoms with Crippen molar-refractivity contribution in [3.8, 4) is 5.75 Å². The van der Waals surface area contributed by atoms with E-state index in [1.165, 1.54) is 0 Å². The number of rotatable bonds is 8. The van der Waals surface area contributed by atoms with E-state index in [0.29, 0.717) is 23.6 Å². The van der Waals surface area contributed by atoms with Crippen LogP contribution < -0.4 is 21.2 Å². The first kappa shape index (κ1) is 19.2. The Morgan fingerprint density at radius 1 is 1.35 bits per heavy atom. The normalized spacial score (nSPS) is 11.1. The van der Waals surface area contributed by atoms with Crippen LogP contribution in [0.1, 0.15) is 27.3 Å². The van der Waals surface area contributed by atoms with Gasteiger partial charge in [0.2, 0.25) is 0 Å². The standard InChI is InChI=1S/C18H23N5O3/c1-12-8-14(17(19)23-20-2)10-16(22-12)18(25)21-11-13-4-3-5-15(9-13)26-7-6-24/h3-5,8-10,20,24H,6-7,11H2,1-2H3,(H2,19,23)(H,21,25). The van der Waals surface area contributed by atoms with E-state index < -0.39 is 0 Å². The molecule has 1 heterocycles. The number of amides is 1. The summed E-state index contributed by atoms with van der Waals surface area (Å²) in [6, 6.07) is 10.7. The number of aliphatic hydroxyl groups is 1. The number of hydrazone groups is 1. The number of amidine groups is 1. The van der Waals surface area contributed by atoms with E-state index >= 15 is 0 Å². The minimum Gasteiger partial charge on any atom is -0.491 e. The number of nitrogens with zero attached hydrogens (tertiary/aromatic N) is 2. The molecule has 5 N–H and O–H groups in total. The number of hydrogen-bond donors (Lipinski definition) is 4. The predicted molar refractivity (Wildman–Crippen MR) is 99.0 cm³/mol. The average molecular weight is 357 g/mol. The zero-order chi connectivity index (χ0) is 18.9. The molecule has 0 spiro atoms. The van der Waals surface area contributed by atoms with E-state index in [1.54, 1.807) is 32.2 Å². The Labute approximate surface area is 152 Å². The number of ether oxygens (including phenoxy) is 1. The summed E-state index contributed by atoms with van der Waals surface area (Å²) in [5.74, 6) is 0.604. The summed E-state index contributed by atoms with van der Waals surface area (Å²) in [4.78, 5) is 16.7. The van der Waals surface area contributed by atoms with Crippen molar-refractivity contribution in [1.82, 2.24) is 15.7 Å². The van der Waals surface area contributed by atoms with E-state index in [1.807, 2.05) is 18.2 Å². The van der Waals surface area contributed by atoms with Crippen LogP contribution in [0.2, 0.25) is 0 Å². The molecule has 26 heavy (non-hydrogen) atoms. The number of pyridine rings is 1. The number of carbonyl (C=O) groups excluding carboxylic acids is 1. The van der Waals surface area contributed by atoms with Gasteiger partial charge >= 0.3 is 0 Å². The Bertz CT molecular complexity index is 792. The molecule has 0 bridgehead atoms. The molecule has 1 aromatic carbocycles. The van der Waals surface area contributed by atoms with Gasteiger partial charge in [0.15, 0.2) is 5.84 Å². The first-order valence-electron chi connectivity index (χ1n) is 8.13. The molecule has 0 aliphatic carbocycles. The van der Waals surface area contributed by atoms with E-state index in [2.05, 4.69) is 20.8 Å². The molecule has 0 radical (unpaired) electrons. The van der Waals surface area contributed by atoms with Crippen molar-refractivity contribution in [3.63, 3.8) is 0 Å². The van der Waals surface area contributed by atoms with Gasteiger partial charge in [-0.15, -0.1) is 0 Å². The SMILES string of the molecule is CN/N=C(\N)c1cc(C)nc(C(=O)NCc2cccc(OCCO)c2)c1. The molecule has 138 valence electrons. The first-order chi connectivity index (χ1) is 12.5. The summed E-state index contributed by atoms with van der Waals surface area (Å²) < 4.78 is 5.36. The third kappa shape index (κ3) is 5.45. The number of nitrogens with one attached hydrogen (secondary N) is 2. The predicted octanol–water partition coefficient (Wildman–Crippen LogP) is 0.531. The van der Waals surface area contributed by atoms with Crippen molar-refractivity contribution in [1.29, 1.82) is 0 Å². The van der Waals surface area contributed by atoms with Gasteiger partial charge < -0.3 is 26.3 Å². The minimum atomic E-state index is -0.311. The Hall–Kier alpha value is -3.13. The monoisotopic (exact) mass is 357 g/mol. The van der Waals surface area contributed by atoms with Crippen LogP contribution in [0.3, 0.4) is 0 Å². The van der Waals surface area contributed by atoms with Gasteiger partial charge in [-0.1, -0.05) is 12.1 Å². The van der Waals surface area contributed by atoms with Crippen molar-refractivity contribution >= 4 is 11.7 Å². The first-order valence-corrected chi connectivity index (χ1v) is 8.13. The van der Waals surface area contributed by atoms with Crippen LogP contribution in [0.25, 0.3) is 0 Å². The number of aryl methyl sites for hydroxylation is 1. The number of benzene rings is 1. The molecule has 8 nitrogen and oxygen atoms in total. The second-order valence-electron chi connectivity index (χ2n) is 5.51. The Balaban J connectivity index is 2.07. The molecule has 0 saturated heterocycles. The second-order valence-corrected chi connectivity index (χ2v) is 5.51. The Kier molecular flexibility index (Phi) is 6.92. The molecule has 0 aliphatic heterocycles. The summed E-state index contributed by atoms with van der Waals surface area (Å²) in [5.41, 5.74) is 10.9. The second kappa shape index (κ2) is 9.38. The van der Waals surface area contributed by atoms with Crippen molar-refractivity contribution in [2.45, 2.75) is 13.5 Å². The molecule has 1 aromatic heterocycles. The molecule has 1 amide bonds. The molecular formula is C18H23N5O3. The van der Waals surface area contributed by atoms with Gasteiger partial charge in [0.05, 0.1) is 6.61 Å². The highest BCUT2D eigenvalue weighted by atomic mass is 16.5. The largest absolute Gasteiger partial charge is 0.491 e. The summed E-state index contributed by atoms with van der Waals surface area (Å²) in [7, 11) is 1.65. The fourth-order valence-corrected chi connectivity index (χ4v) is 2.30. The number of nitrogens with two attached hydrogens (primary N) is 1. The lowest BCUT2D eigenvalue weighted by Gasteiger charge is -2.09. The van der Waals surface area contributed by atoms with E-state index in [-0.39, 0.29) is 30.7 Å². The summed E-state index contributed by atoms with van der Waals surface area (Å²) in [5, 5.41) is 15.5. The van der Waals surface area contributed by atoms with Gasteiger partial charge in [-0.3, -0.25) is 4.79 Å². The van der Waals surface area contributed by atoms with Gasteiger partial charge in [0.1, 0.15) is 18.1 Å². The zero-order valence-corrected chi connectivity index (χ0v) is 14.8. The quantitative estimate of drug-likeness (QED) is 0.311. The van der Waals surface area contributed by atoms with Crippen LogP contribution in [0.4, 0.5) is 0 Å². The average Bonchev–Trinajstić information content (AvgIpc) is 2.64. The number of hydrogen-bond acceptors (Lipinski definition) is 6. The molecule has 8 heteroatoms. The molecule has 0 unspecified atom stereocenters. The van der Waals surface area contributed by atoms with Gasteiger partial charge in [0, 0.05) is 24.8 Å². The molecule has 0 saturated carbocycles. The van der Waals surface area contributed by atoms with Gasteiger partial charge in [-0.2, -0.15) is 5.10 Å². The molecule has 0 aliphatic rings. The summed E-state index contributed by atoms with van der Waals surface area (Å²) in [6.45, 7) is 2.28. The lowest BCUT2D eigenvalue weighted by molar-refractivity contribution is 0.0945. The fourth-order valence-electron chi connectivity index (χ4n) is 2.30. The lowest BCUT2D eigenvalue weighted by atomic mass is 10.1. The van der Waals surface area contributed by atoms with Gasteiger partial charge in [0.25, 0.3) is 5.91 Å². The van der Waals surface area contributed by atoms with E-state index in [4.69, 9.17) is 15.6 Å². The maximum atomic E-state index is 12.4. The number of carbonyl (C=O) groups is 1. The Morgan fingerprint density at radius 3 is 2.88 bits per heavy atom. The zero-order valence-electron chi connectivity index (χ0n) is 14.8. The van der Waals surface area contributed by atoms with E-state index in [9.17, 15) is 4.79 Å². The van der Waals surface area contributed by atoms with Crippen LogP contribution >= 0.6 is 0 Å². The van der Waals surface area contributed by atoms with Crippen LogP contribution in [-0.2, 0) is 6.54 Å². The molecule has 0 fully saturated rings.